The second-order valence-electron chi connectivity index (χ2n) is 8.53. The molecule has 0 aliphatic carbocycles. The van der Waals surface area contributed by atoms with Crippen molar-refractivity contribution in [3.05, 3.63) is 92.6 Å². The molecule has 2 heterocycles. The van der Waals surface area contributed by atoms with Crippen LogP contribution in [-0.4, -0.2) is 59.9 Å². The molecule has 10 heteroatoms. The van der Waals surface area contributed by atoms with Crippen LogP contribution >= 0.6 is 23.2 Å². The summed E-state index contributed by atoms with van der Waals surface area (Å²) in [7, 11) is 3.03. The molecule has 1 saturated heterocycles. The highest BCUT2D eigenvalue weighted by Crippen LogP contribution is 2.35. The van der Waals surface area contributed by atoms with E-state index >= 15 is 0 Å². The summed E-state index contributed by atoms with van der Waals surface area (Å²) in [4.78, 5) is 34.2. The lowest BCUT2D eigenvalue weighted by Crippen LogP contribution is -2.42. The Kier molecular flexibility index (Phi) is 7.63. The van der Waals surface area contributed by atoms with Gasteiger partial charge in [0.25, 0.3) is 11.8 Å². The first kappa shape index (κ1) is 26.0. The van der Waals surface area contributed by atoms with Crippen LogP contribution in [0, 0.1) is 22.7 Å². The van der Waals surface area contributed by atoms with E-state index in [-0.39, 0.29) is 41.4 Å². The Morgan fingerprint density at radius 2 is 1.76 bits per heavy atom. The zero-order chi connectivity index (χ0) is 26.7. The molecule has 2 aromatic carbocycles. The predicted octanol–water partition coefficient (Wildman–Crippen LogP) is 4.52. The first-order valence-corrected chi connectivity index (χ1v) is 12.0. The number of likely N-dealkylation sites (N-methyl/N-ethyl adjacent to an activating group) is 1. The Balaban J connectivity index is 1.67. The number of amides is 2. The Morgan fingerprint density at radius 3 is 2.38 bits per heavy atom. The number of carbonyl (C=O) groups excluding carboxylic acids is 2. The number of hydrogen-bond donors (Lipinski definition) is 0. The molecule has 0 saturated carbocycles. The zero-order valence-corrected chi connectivity index (χ0v) is 21.5. The van der Waals surface area contributed by atoms with Crippen molar-refractivity contribution in [3.8, 4) is 18.0 Å². The minimum absolute atomic E-state index is 0.0619. The lowest BCUT2D eigenvalue weighted by atomic mass is 9.93. The van der Waals surface area contributed by atoms with E-state index in [0.717, 1.165) is 5.56 Å². The number of ether oxygens (including phenoxy) is 1. The summed E-state index contributed by atoms with van der Waals surface area (Å²) in [6.45, 7) is 0.600. The molecule has 2 atom stereocenters. The van der Waals surface area contributed by atoms with Gasteiger partial charge < -0.3 is 14.5 Å². The molecule has 186 valence electrons. The van der Waals surface area contributed by atoms with Gasteiger partial charge >= 0.3 is 0 Å². The second-order valence-corrected chi connectivity index (χ2v) is 9.34. The van der Waals surface area contributed by atoms with Crippen molar-refractivity contribution in [3.63, 3.8) is 0 Å². The van der Waals surface area contributed by atoms with Gasteiger partial charge in [-0.05, 0) is 54.1 Å². The van der Waals surface area contributed by atoms with Gasteiger partial charge in [-0.3, -0.25) is 9.59 Å². The van der Waals surface area contributed by atoms with E-state index in [1.807, 2.05) is 18.2 Å². The van der Waals surface area contributed by atoms with Crippen molar-refractivity contribution in [2.45, 2.75) is 12.0 Å². The topological polar surface area (TPSA) is 110 Å². The molecule has 3 aromatic rings. The summed E-state index contributed by atoms with van der Waals surface area (Å²) < 4.78 is 5.16. The average Bonchev–Trinajstić information content (AvgIpc) is 3.38. The van der Waals surface area contributed by atoms with Crippen LogP contribution in [0.2, 0.25) is 10.0 Å². The maximum absolute atomic E-state index is 13.5. The summed E-state index contributed by atoms with van der Waals surface area (Å²) in [5.74, 6) is -0.792. The van der Waals surface area contributed by atoms with E-state index in [9.17, 15) is 14.9 Å². The Hall–Kier alpha value is -4.11. The van der Waals surface area contributed by atoms with Gasteiger partial charge in [-0.2, -0.15) is 10.5 Å². The van der Waals surface area contributed by atoms with Gasteiger partial charge in [0, 0.05) is 31.6 Å². The smallest absolute Gasteiger partial charge is 0.272 e. The SMILES string of the molecule is COc1nc(C(=O)N(C)[C@@H]2CN(C(=O)c3ccc(C#N)cc3)C[C@H]2c2ccc(Cl)c(Cl)c2)ccc1C#N. The third kappa shape index (κ3) is 5.22. The zero-order valence-electron chi connectivity index (χ0n) is 20.0. The van der Waals surface area contributed by atoms with Crippen molar-refractivity contribution in [1.29, 1.82) is 10.5 Å². The Labute approximate surface area is 224 Å². The quantitative estimate of drug-likeness (QED) is 0.476. The molecule has 37 heavy (non-hydrogen) atoms. The van der Waals surface area contributed by atoms with Crippen LogP contribution in [0.5, 0.6) is 5.88 Å². The highest BCUT2D eigenvalue weighted by Gasteiger charge is 2.41. The number of hydrogen-bond acceptors (Lipinski definition) is 6. The van der Waals surface area contributed by atoms with Crippen molar-refractivity contribution in [2.24, 2.45) is 0 Å². The van der Waals surface area contributed by atoms with Gasteiger partial charge in [0.1, 0.15) is 17.3 Å². The van der Waals surface area contributed by atoms with Gasteiger partial charge in [0.05, 0.1) is 34.8 Å². The molecule has 0 radical (unpaired) electrons. The number of aromatic nitrogens is 1. The molecular formula is C27H21Cl2N5O3. The molecule has 0 bridgehead atoms. The largest absolute Gasteiger partial charge is 0.480 e. The minimum atomic E-state index is -0.407. The van der Waals surface area contributed by atoms with Crippen molar-refractivity contribution in [1.82, 2.24) is 14.8 Å². The standard InChI is InChI=1S/C27H21Cl2N5O3/c1-33(27(36)23-10-8-19(13-31)25(32-23)37-2)24-15-34(26(35)17-5-3-16(12-30)4-6-17)14-20(24)18-7-9-21(28)22(29)11-18/h3-11,20,24H,14-15H2,1-2H3/t20-,24+/m0/s1. The third-order valence-electron chi connectivity index (χ3n) is 6.42. The highest BCUT2D eigenvalue weighted by molar-refractivity contribution is 6.42. The van der Waals surface area contributed by atoms with Crippen LogP contribution in [0.4, 0.5) is 0 Å². The first-order chi connectivity index (χ1) is 17.8. The number of nitriles is 2. The maximum atomic E-state index is 13.5. The van der Waals surface area contributed by atoms with E-state index in [1.54, 1.807) is 53.2 Å². The number of methoxy groups -OCH3 is 1. The van der Waals surface area contributed by atoms with Crippen LogP contribution in [0.15, 0.2) is 54.6 Å². The van der Waals surface area contributed by atoms with E-state index in [2.05, 4.69) is 4.98 Å². The normalized spacial score (nSPS) is 16.5. The maximum Gasteiger partial charge on any atom is 0.272 e. The van der Waals surface area contributed by atoms with Crippen molar-refractivity contribution < 1.29 is 14.3 Å². The summed E-state index contributed by atoms with van der Waals surface area (Å²) in [6, 6.07) is 18.3. The molecule has 8 nitrogen and oxygen atoms in total. The molecule has 1 aliphatic rings. The van der Waals surface area contributed by atoms with Crippen LogP contribution in [0.25, 0.3) is 0 Å². The van der Waals surface area contributed by atoms with E-state index in [0.29, 0.717) is 27.7 Å². The molecular weight excluding hydrogens is 513 g/mol. The van der Waals surface area contributed by atoms with Gasteiger partial charge in [0.15, 0.2) is 0 Å². The van der Waals surface area contributed by atoms with E-state index < -0.39 is 6.04 Å². The molecule has 0 spiro atoms. The Morgan fingerprint density at radius 1 is 1.03 bits per heavy atom. The number of pyridine rings is 1. The van der Waals surface area contributed by atoms with Gasteiger partial charge in [-0.15, -0.1) is 0 Å². The summed E-state index contributed by atoms with van der Waals surface area (Å²) in [5.41, 5.74) is 2.07. The van der Waals surface area contributed by atoms with Gasteiger partial charge in [-0.25, -0.2) is 4.98 Å². The Bertz CT molecular complexity index is 1450. The number of benzene rings is 2. The van der Waals surface area contributed by atoms with E-state index in [1.165, 1.54) is 19.2 Å². The molecule has 1 aromatic heterocycles. The van der Waals surface area contributed by atoms with Crippen LogP contribution in [0.3, 0.4) is 0 Å². The van der Waals surface area contributed by atoms with Crippen LogP contribution < -0.4 is 4.74 Å². The number of nitrogens with zero attached hydrogens (tertiary/aromatic N) is 5. The fourth-order valence-electron chi connectivity index (χ4n) is 4.42. The van der Waals surface area contributed by atoms with E-state index in [4.69, 9.17) is 33.2 Å². The molecule has 0 unspecified atom stereocenters. The lowest BCUT2D eigenvalue weighted by Gasteiger charge is -2.29. The fraction of sp³-hybridized carbons (Fsp3) is 0.222. The number of halogens is 2. The predicted molar refractivity (Wildman–Crippen MR) is 138 cm³/mol. The van der Waals surface area contributed by atoms with Gasteiger partial charge in [-0.1, -0.05) is 29.3 Å². The van der Waals surface area contributed by atoms with Crippen LogP contribution in [0.1, 0.15) is 43.5 Å². The number of rotatable bonds is 5. The lowest BCUT2D eigenvalue weighted by molar-refractivity contribution is 0.0691. The average molecular weight is 534 g/mol. The summed E-state index contributed by atoms with van der Waals surface area (Å²) in [5, 5.41) is 19.1. The molecule has 4 rings (SSSR count). The van der Waals surface area contributed by atoms with Crippen molar-refractivity contribution in [2.75, 3.05) is 27.2 Å². The summed E-state index contributed by atoms with van der Waals surface area (Å²) >= 11 is 12.4. The monoisotopic (exact) mass is 533 g/mol. The molecule has 0 N–H and O–H groups in total. The summed E-state index contributed by atoms with van der Waals surface area (Å²) in [6.07, 6.45) is 0. The molecule has 1 fully saturated rings. The minimum Gasteiger partial charge on any atom is -0.480 e. The van der Waals surface area contributed by atoms with Crippen LogP contribution in [-0.2, 0) is 0 Å². The number of carbonyl (C=O) groups is 2. The third-order valence-corrected chi connectivity index (χ3v) is 7.16. The molecule has 1 aliphatic heterocycles. The first-order valence-electron chi connectivity index (χ1n) is 11.2. The molecule has 2 amide bonds. The number of likely N-dealkylation sites (tertiary alicyclic amines) is 1. The fourth-order valence-corrected chi connectivity index (χ4v) is 4.72. The second kappa shape index (κ2) is 10.9. The van der Waals surface area contributed by atoms with Gasteiger partial charge in [0.2, 0.25) is 5.88 Å². The highest BCUT2D eigenvalue weighted by atomic mass is 35.5. The van der Waals surface area contributed by atoms with Crippen molar-refractivity contribution >= 4 is 35.0 Å².